The van der Waals surface area contributed by atoms with Gasteiger partial charge in [-0.05, 0) is 40.8 Å². The fourth-order valence-electron chi connectivity index (χ4n) is 3.03. The standard InChI is InChI=1S/C18H22N2O2.2C2HF3O2/c1-21-13-16-10-19-9-15-12-20(8-7-18(15)16)11-14-3-5-17(22-2)6-4-14;2*3-2(4,5)1(6)7/h3-6,9-10H,7-8,11-13H2,1-2H3;2*(H,6,7). The van der Waals surface area contributed by atoms with E-state index in [0.717, 1.165) is 31.8 Å². The molecule has 36 heavy (non-hydrogen) atoms. The topological polar surface area (TPSA) is 109 Å². The van der Waals surface area contributed by atoms with E-state index in [1.54, 1.807) is 14.2 Å². The largest absolute Gasteiger partial charge is 0.497 e. The summed E-state index contributed by atoms with van der Waals surface area (Å²) in [5.41, 5.74) is 5.28. The molecule has 0 bridgehead atoms. The third-order valence-corrected chi connectivity index (χ3v) is 4.66. The van der Waals surface area contributed by atoms with Gasteiger partial charge < -0.3 is 19.7 Å². The zero-order valence-corrected chi connectivity index (χ0v) is 19.2. The Kier molecular flexibility index (Phi) is 11.6. The first-order chi connectivity index (χ1) is 16.7. The van der Waals surface area contributed by atoms with Gasteiger partial charge in [-0.1, -0.05) is 12.1 Å². The van der Waals surface area contributed by atoms with Crippen LogP contribution in [0.5, 0.6) is 5.75 Å². The van der Waals surface area contributed by atoms with Crippen LogP contribution in [-0.2, 0) is 40.4 Å². The van der Waals surface area contributed by atoms with Gasteiger partial charge in [0.15, 0.2) is 0 Å². The Bertz CT molecular complexity index is 972. The highest BCUT2D eigenvalue weighted by atomic mass is 19.4. The molecule has 2 N–H and O–H groups in total. The number of hydrogen-bond donors (Lipinski definition) is 2. The van der Waals surface area contributed by atoms with Gasteiger partial charge in [-0.25, -0.2) is 9.59 Å². The molecule has 0 aliphatic carbocycles. The molecule has 0 fully saturated rings. The number of halogens is 6. The SMILES string of the molecule is COCc1cncc2c1CCN(Cc1ccc(OC)cc1)C2.O=C(O)C(F)(F)F.O=C(O)C(F)(F)F. The highest BCUT2D eigenvalue weighted by molar-refractivity contribution is 5.73. The van der Waals surface area contributed by atoms with Crippen molar-refractivity contribution >= 4 is 11.9 Å². The number of ether oxygens (including phenoxy) is 2. The molecule has 8 nitrogen and oxygen atoms in total. The molecule has 200 valence electrons. The summed E-state index contributed by atoms with van der Waals surface area (Å²) in [6, 6.07) is 8.30. The molecule has 0 unspecified atom stereocenters. The molecule has 0 radical (unpaired) electrons. The highest BCUT2D eigenvalue weighted by Crippen LogP contribution is 2.24. The van der Waals surface area contributed by atoms with E-state index < -0.39 is 24.3 Å². The van der Waals surface area contributed by atoms with Crippen molar-refractivity contribution in [2.24, 2.45) is 0 Å². The van der Waals surface area contributed by atoms with E-state index in [9.17, 15) is 26.3 Å². The third kappa shape index (κ3) is 10.5. The zero-order valence-electron chi connectivity index (χ0n) is 19.2. The maximum absolute atomic E-state index is 10.6. The van der Waals surface area contributed by atoms with Crippen LogP contribution in [-0.4, -0.2) is 65.2 Å². The fraction of sp³-hybridized carbons (Fsp3) is 0.409. The molecule has 0 saturated carbocycles. The molecule has 0 atom stereocenters. The number of rotatable bonds is 5. The quantitative estimate of drug-likeness (QED) is 0.562. The molecular formula is C22H24F6N2O6. The van der Waals surface area contributed by atoms with Gasteiger partial charge in [0.25, 0.3) is 0 Å². The summed E-state index contributed by atoms with van der Waals surface area (Å²) in [7, 11) is 3.43. The molecule has 0 saturated heterocycles. The molecule has 1 aromatic carbocycles. The summed E-state index contributed by atoms with van der Waals surface area (Å²) < 4.78 is 74.0. The lowest BCUT2D eigenvalue weighted by molar-refractivity contribution is -0.193. The molecule has 1 aromatic heterocycles. The number of methoxy groups -OCH3 is 2. The normalized spacial score (nSPS) is 13.3. The number of hydrogen-bond acceptors (Lipinski definition) is 6. The van der Waals surface area contributed by atoms with E-state index in [1.165, 1.54) is 22.3 Å². The number of benzene rings is 1. The number of nitrogens with zero attached hydrogens (tertiary/aromatic N) is 2. The molecule has 1 aliphatic heterocycles. The predicted octanol–water partition coefficient (Wildman–Crippen LogP) is 4.06. The minimum Gasteiger partial charge on any atom is -0.497 e. The monoisotopic (exact) mass is 526 g/mol. The summed E-state index contributed by atoms with van der Waals surface area (Å²) in [6.07, 6.45) is -5.18. The third-order valence-electron chi connectivity index (χ3n) is 4.66. The number of pyridine rings is 1. The van der Waals surface area contributed by atoms with E-state index in [0.29, 0.717) is 6.61 Å². The van der Waals surface area contributed by atoms with Gasteiger partial charge in [0.05, 0.1) is 13.7 Å². The van der Waals surface area contributed by atoms with Gasteiger partial charge in [0.2, 0.25) is 0 Å². The summed E-state index contributed by atoms with van der Waals surface area (Å²) in [5, 5.41) is 14.2. The van der Waals surface area contributed by atoms with Crippen molar-refractivity contribution in [1.29, 1.82) is 0 Å². The second kappa shape index (κ2) is 13.6. The molecule has 0 amide bonds. The molecule has 2 heterocycles. The van der Waals surface area contributed by atoms with Crippen molar-refractivity contribution in [3.63, 3.8) is 0 Å². The maximum atomic E-state index is 10.6. The molecule has 0 spiro atoms. The molecule has 1 aliphatic rings. The van der Waals surface area contributed by atoms with Crippen LogP contribution in [0.15, 0.2) is 36.7 Å². The van der Waals surface area contributed by atoms with Gasteiger partial charge in [-0.15, -0.1) is 0 Å². The lowest BCUT2D eigenvalue weighted by Crippen LogP contribution is -2.30. The number of alkyl halides is 6. The van der Waals surface area contributed by atoms with Crippen molar-refractivity contribution in [1.82, 2.24) is 9.88 Å². The predicted molar refractivity (Wildman–Crippen MR) is 113 cm³/mol. The second-order valence-electron chi connectivity index (χ2n) is 7.28. The minimum absolute atomic E-state index is 0.647. The Hall–Kier alpha value is -3.39. The second-order valence-corrected chi connectivity index (χ2v) is 7.28. The van der Waals surface area contributed by atoms with Crippen LogP contribution in [0.4, 0.5) is 26.3 Å². The summed E-state index contributed by atoms with van der Waals surface area (Å²) in [4.78, 5) is 24.6. The highest BCUT2D eigenvalue weighted by Gasteiger charge is 2.38. The van der Waals surface area contributed by atoms with E-state index in [-0.39, 0.29) is 0 Å². The Morgan fingerprint density at radius 2 is 1.50 bits per heavy atom. The van der Waals surface area contributed by atoms with Crippen LogP contribution >= 0.6 is 0 Å². The van der Waals surface area contributed by atoms with E-state index in [1.807, 2.05) is 24.5 Å². The number of carboxylic acid groups (broad SMARTS) is 2. The van der Waals surface area contributed by atoms with Crippen molar-refractivity contribution in [3.05, 3.63) is 58.9 Å². The van der Waals surface area contributed by atoms with Crippen LogP contribution in [0.1, 0.15) is 22.3 Å². The van der Waals surface area contributed by atoms with Crippen molar-refractivity contribution in [2.45, 2.75) is 38.5 Å². The fourth-order valence-corrected chi connectivity index (χ4v) is 3.03. The summed E-state index contributed by atoms with van der Waals surface area (Å²) in [6.45, 7) is 3.62. The Morgan fingerprint density at radius 3 is 1.94 bits per heavy atom. The lowest BCUT2D eigenvalue weighted by atomic mass is 9.97. The zero-order chi connectivity index (χ0) is 27.5. The van der Waals surface area contributed by atoms with E-state index in [4.69, 9.17) is 29.3 Å². The van der Waals surface area contributed by atoms with E-state index >= 15 is 0 Å². The smallest absolute Gasteiger partial charge is 0.490 e. The van der Waals surface area contributed by atoms with Gasteiger partial charge in [-0.3, -0.25) is 9.88 Å². The number of aliphatic carboxylic acids is 2. The van der Waals surface area contributed by atoms with Gasteiger partial charge >= 0.3 is 24.3 Å². The average molecular weight is 526 g/mol. The lowest BCUT2D eigenvalue weighted by Gasteiger charge is -2.29. The summed E-state index contributed by atoms with van der Waals surface area (Å²) >= 11 is 0. The molecular weight excluding hydrogens is 502 g/mol. The first kappa shape index (κ1) is 30.6. The van der Waals surface area contributed by atoms with Crippen molar-refractivity contribution < 1.29 is 55.6 Å². The Morgan fingerprint density at radius 1 is 0.972 bits per heavy atom. The molecule has 3 rings (SSSR count). The van der Waals surface area contributed by atoms with Gasteiger partial charge in [0, 0.05) is 39.1 Å². The van der Waals surface area contributed by atoms with Gasteiger partial charge in [0.1, 0.15) is 5.75 Å². The number of carboxylic acids is 2. The van der Waals surface area contributed by atoms with Crippen LogP contribution in [0, 0.1) is 0 Å². The van der Waals surface area contributed by atoms with Crippen molar-refractivity contribution in [3.8, 4) is 5.75 Å². The van der Waals surface area contributed by atoms with E-state index in [2.05, 4.69) is 22.0 Å². The van der Waals surface area contributed by atoms with Crippen LogP contribution in [0.25, 0.3) is 0 Å². The summed E-state index contributed by atoms with van der Waals surface area (Å²) in [5.74, 6) is -4.61. The number of fused-ring (bicyclic) bond motifs is 1. The number of carbonyl (C=O) groups is 2. The Labute approximate surface area is 202 Å². The molecule has 2 aromatic rings. The van der Waals surface area contributed by atoms with Crippen LogP contribution in [0.3, 0.4) is 0 Å². The average Bonchev–Trinajstić information content (AvgIpc) is 2.79. The minimum atomic E-state index is -5.08. The Balaban J connectivity index is 0.000000383. The van der Waals surface area contributed by atoms with Crippen molar-refractivity contribution in [2.75, 3.05) is 20.8 Å². The maximum Gasteiger partial charge on any atom is 0.490 e. The van der Waals surface area contributed by atoms with Crippen LogP contribution < -0.4 is 4.74 Å². The molecule has 14 heteroatoms. The van der Waals surface area contributed by atoms with Crippen LogP contribution in [0.2, 0.25) is 0 Å². The number of aromatic nitrogens is 1. The first-order valence-electron chi connectivity index (χ1n) is 10.1. The van der Waals surface area contributed by atoms with Gasteiger partial charge in [-0.2, -0.15) is 26.3 Å². The first-order valence-corrected chi connectivity index (χ1v) is 10.1.